The zero-order valence-corrected chi connectivity index (χ0v) is 14.7. The van der Waals surface area contributed by atoms with Crippen molar-refractivity contribution in [2.24, 2.45) is 0 Å². The lowest BCUT2D eigenvalue weighted by molar-refractivity contribution is 0.0730. The molecule has 28 heavy (non-hydrogen) atoms. The van der Waals surface area contributed by atoms with Crippen molar-refractivity contribution in [1.29, 1.82) is 0 Å². The number of hydrogen-bond donors (Lipinski definition) is 0. The predicted molar refractivity (Wildman–Crippen MR) is 107 cm³/mol. The quantitative estimate of drug-likeness (QED) is 0.299. The molecular weight excluding hydrogens is 354 g/mol. The Balaban J connectivity index is 1.50. The van der Waals surface area contributed by atoms with Gasteiger partial charge in [0, 0.05) is 17.8 Å². The fourth-order valence-electron chi connectivity index (χ4n) is 2.68. The van der Waals surface area contributed by atoms with Gasteiger partial charge in [0.1, 0.15) is 16.9 Å². The van der Waals surface area contributed by atoms with Crippen LogP contribution in [0.4, 0.5) is 0 Å². The number of rotatable bonds is 4. The Morgan fingerprint density at radius 1 is 0.893 bits per heavy atom. The molecule has 0 aliphatic carbocycles. The van der Waals surface area contributed by atoms with Crippen molar-refractivity contribution in [3.8, 4) is 5.75 Å². The van der Waals surface area contributed by atoms with Gasteiger partial charge in [0.15, 0.2) is 0 Å². The van der Waals surface area contributed by atoms with Crippen molar-refractivity contribution in [1.82, 2.24) is 4.98 Å². The van der Waals surface area contributed by atoms with Gasteiger partial charge in [-0.2, -0.15) is 0 Å². The second-order valence-electron chi connectivity index (χ2n) is 6.06. The number of esters is 1. The lowest BCUT2D eigenvalue weighted by atomic mass is 10.1. The number of aromatic nitrogens is 1. The Morgan fingerprint density at radius 2 is 1.57 bits per heavy atom. The Morgan fingerprint density at radius 3 is 2.32 bits per heavy atom. The number of hydrogen-bond acceptors (Lipinski definition) is 5. The maximum absolute atomic E-state index is 12.4. The average molecular weight is 369 g/mol. The third kappa shape index (κ3) is 3.88. The van der Waals surface area contributed by atoms with E-state index in [0.717, 1.165) is 11.1 Å². The number of pyridine rings is 1. The summed E-state index contributed by atoms with van der Waals surface area (Å²) in [5.41, 5.74) is 1.55. The number of nitrogens with zero attached hydrogens (tertiary/aromatic N) is 1. The molecule has 2 aromatic heterocycles. The Bertz CT molecular complexity index is 1210. The molecule has 2 heterocycles. The number of benzene rings is 2. The van der Waals surface area contributed by atoms with E-state index in [-0.39, 0.29) is 5.56 Å². The molecular formula is C23H15NO4. The Kier molecular flexibility index (Phi) is 4.80. The normalized spacial score (nSPS) is 11.0. The Labute approximate surface area is 160 Å². The maximum atomic E-state index is 12.4. The van der Waals surface area contributed by atoms with Gasteiger partial charge in [0.25, 0.3) is 0 Å². The number of carbonyl (C=O) groups excluding carboxylic acids is 1. The second kappa shape index (κ2) is 7.72. The van der Waals surface area contributed by atoms with Crippen LogP contribution in [-0.2, 0) is 0 Å². The highest BCUT2D eigenvalue weighted by atomic mass is 16.5. The molecule has 0 amide bonds. The molecule has 5 heteroatoms. The van der Waals surface area contributed by atoms with Crippen molar-refractivity contribution in [2.75, 3.05) is 0 Å². The second-order valence-corrected chi connectivity index (χ2v) is 6.06. The first kappa shape index (κ1) is 17.4. The summed E-state index contributed by atoms with van der Waals surface area (Å²) in [6.07, 6.45) is 7.36. The first-order valence-corrected chi connectivity index (χ1v) is 8.62. The number of ether oxygens (including phenoxy) is 1. The summed E-state index contributed by atoms with van der Waals surface area (Å²) in [4.78, 5) is 28.4. The predicted octanol–water partition coefficient (Wildman–Crippen LogP) is 4.58. The average Bonchev–Trinajstić information content (AvgIpc) is 2.73. The van der Waals surface area contributed by atoms with Crippen molar-refractivity contribution in [3.05, 3.63) is 106 Å². The third-order valence-corrected chi connectivity index (χ3v) is 4.13. The van der Waals surface area contributed by atoms with Crippen LogP contribution in [0, 0.1) is 0 Å². The van der Waals surface area contributed by atoms with Crippen LogP contribution in [0.5, 0.6) is 5.75 Å². The van der Waals surface area contributed by atoms with Crippen LogP contribution in [0.25, 0.3) is 23.1 Å². The van der Waals surface area contributed by atoms with Crippen LogP contribution < -0.4 is 10.4 Å². The molecule has 0 atom stereocenters. The van der Waals surface area contributed by atoms with Crippen LogP contribution in [0.1, 0.15) is 21.5 Å². The summed E-state index contributed by atoms with van der Waals surface area (Å²) in [6.45, 7) is 0. The minimum absolute atomic E-state index is 0.139. The van der Waals surface area contributed by atoms with Crippen LogP contribution in [0.15, 0.2) is 88.3 Å². The molecule has 136 valence electrons. The molecule has 0 radical (unpaired) electrons. The summed E-state index contributed by atoms with van der Waals surface area (Å²) in [5.74, 6) is -0.404. The van der Waals surface area contributed by atoms with E-state index in [1.54, 1.807) is 48.8 Å². The van der Waals surface area contributed by atoms with E-state index in [0.29, 0.717) is 16.7 Å². The van der Waals surface area contributed by atoms with Crippen LogP contribution >= 0.6 is 0 Å². The summed E-state index contributed by atoms with van der Waals surface area (Å²) < 4.78 is 10.5. The zero-order valence-electron chi connectivity index (χ0n) is 14.7. The van der Waals surface area contributed by atoms with Gasteiger partial charge in [0.05, 0.1) is 0 Å². The molecule has 0 unspecified atom stereocenters. The van der Waals surface area contributed by atoms with E-state index in [1.165, 1.54) is 6.07 Å². The highest BCUT2D eigenvalue weighted by Gasteiger charge is 2.16. The number of fused-ring (bicyclic) bond motifs is 1. The molecule has 0 aliphatic rings. The number of para-hydroxylation sites is 1. The van der Waals surface area contributed by atoms with E-state index in [1.807, 2.05) is 36.4 Å². The monoisotopic (exact) mass is 369 g/mol. The fourth-order valence-corrected chi connectivity index (χ4v) is 2.68. The molecule has 0 saturated heterocycles. The topological polar surface area (TPSA) is 69.4 Å². The van der Waals surface area contributed by atoms with Gasteiger partial charge in [0.2, 0.25) is 0 Å². The largest absolute Gasteiger partial charge is 0.423 e. The van der Waals surface area contributed by atoms with Crippen molar-refractivity contribution >= 4 is 29.1 Å². The van der Waals surface area contributed by atoms with Gasteiger partial charge < -0.3 is 9.15 Å². The van der Waals surface area contributed by atoms with Crippen molar-refractivity contribution in [3.63, 3.8) is 0 Å². The van der Waals surface area contributed by atoms with Gasteiger partial charge in [-0.3, -0.25) is 4.98 Å². The van der Waals surface area contributed by atoms with Crippen LogP contribution in [-0.4, -0.2) is 11.0 Å². The van der Waals surface area contributed by atoms with Gasteiger partial charge >= 0.3 is 11.6 Å². The molecule has 0 fully saturated rings. The zero-order chi connectivity index (χ0) is 19.3. The number of carbonyl (C=O) groups is 1. The van der Waals surface area contributed by atoms with Crippen molar-refractivity contribution in [2.45, 2.75) is 0 Å². The molecule has 0 spiro atoms. The standard InChI is InChI=1S/C23H15NO4/c25-22(20-15-18-3-1-2-4-21(18)28-23(20)26)27-19-9-7-16(8-10-19)5-6-17-11-13-24-14-12-17/h1-15H/b6-5+. The minimum Gasteiger partial charge on any atom is -0.423 e. The molecule has 4 rings (SSSR count). The van der Waals surface area contributed by atoms with Gasteiger partial charge in [-0.25, -0.2) is 9.59 Å². The van der Waals surface area contributed by atoms with E-state index in [4.69, 9.17) is 9.15 Å². The molecule has 4 aromatic rings. The molecule has 2 aromatic carbocycles. The van der Waals surface area contributed by atoms with Gasteiger partial charge in [-0.05, 0) is 47.5 Å². The molecule has 0 bridgehead atoms. The van der Waals surface area contributed by atoms with Gasteiger partial charge in [-0.15, -0.1) is 0 Å². The van der Waals surface area contributed by atoms with E-state index < -0.39 is 11.6 Å². The third-order valence-electron chi connectivity index (χ3n) is 4.13. The highest BCUT2D eigenvalue weighted by Crippen LogP contribution is 2.17. The SMILES string of the molecule is O=C(Oc1ccc(/C=C/c2ccncc2)cc1)c1cc2ccccc2oc1=O. The van der Waals surface area contributed by atoms with Crippen molar-refractivity contribution < 1.29 is 13.9 Å². The lowest BCUT2D eigenvalue weighted by Gasteiger charge is -2.05. The summed E-state index contributed by atoms with van der Waals surface area (Å²) in [5, 5.41) is 0.658. The van der Waals surface area contributed by atoms with Crippen LogP contribution in [0.2, 0.25) is 0 Å². The Hall–Kier alpha value is -3.99. The molecule has 0 N–H and O–H groups in total. The van der Waals surface area contributed by atoms with E-state index in [9.17, 15) is 9.59 Å². The van der Waals surface area contributed by atoms with E-state index >= 15 is 0 Å². The smallest absolute Gasteiger partial charge is 0.351 e. The lowest BCUT2D eigenvalue weighted by Crippen LogP contribution is -2.18. The highest BCUT2D eigenvalue weighted by molar-refractivity contribution is 5.94. The fraction of sp³-hybridized carbons (Fsp3) is 0. The van der Waals surface area contributed by atoms with E-state index in [2.05, 4.69) is 4.98 Å². The first-order chi connectivity index (χ1) is 13.7. The summed E-state index contributed by atoms with van der Waals surface area (Å²) in [6, 6.07) is 19.3. The first-order valence-electron chi connectivity index (χ1n) is 8.62. The molecule has 0 aliphatic heterocycles. The minimum atomic E-state index is -0.750. The van der Waals surface area contributed by atoms with Gasteiger partial charge in [-0.1, -0.05) is 42.5 Å². The van der Waals surface area contributed by atoms with Crippen LogP contribution in [0.3, 0.4) is 0 Å². The summed E-state index contributed by atoms with van der Waals surface area (Å²) in [7, 11) is 0. The summed E-state index contributed by atoms with van der Waals surface area (Å²) >= 11 is 0. The maximum Gasteiger partial charge on any atom is 0.351 e. The molecule has 0 saturated carbocycles. The molecule has 5 nitrogen and oxygen atoms in total.